The monoisotopic (exact) mass is 342 g/mol. The van der Waals surface area contributed by atoms with Crippen molar-refractivity contribution in [1.82, 2.24) is 26.1 Å². The van der Waals surface area contributed by atoms with E-state index < -0.39 is 0 Å². The Bertz CT molecular complexity index is 919. The van der Waals surface area contributed by atoms with Crippen LogP contribution in [0.15, 0.2) is 78.7 Å². The van der Waals surface area contributed by atoms with Crippen molar-refractivity contribution in [1.29, 1.82) is 5.26 Å². The molecule has 2 aliphatic rings. The fourth-order valence-electron chi connectivity index (χ4n) is 2.86. The summed E-state index contributed by atoms with van der Waals surface area (Å²) in [6.45, 7) is 0.788. The molecule has 3 heterocycles. The van der Waals surface area contributed by atoms with Crippen molar-refractivity contribution in [2.45, 2.75) is 6.42 Å². The topological polar surface area (TPSA) is 76.0 Å². The molecule has 1 aromatic heterocycles. The van der Waals surface area contributed by atoms with Crippen LogP contribution >= 0.6 is 0 Å². The summed E-state index contributed by atoms with van der Waals surface area (Å²) in [7, 11) is 0. The zero-order chi connectivity index (χ0) is 17.8. The second kappa shape index (κ2) is 7.03. The van der Waals surface area contributed by atoms with Crippen LogP contribution in [0.4, 0.5) is 0 Å². The smallest absolute Gasteiger partial charge is 0.130 e. The van der Waals surface area contributed by atoms with Crippen LogP contribution in [0.5, 0.6) is 0 Å². The van der Waals surface area contributed by atoms with Crippen molar-refractivity contribution in [2.75, 3.05) is 6.54 Å². The number of hydrogen-bond donors (Lipinski definition) is 3. The molecule has 128 valence electrons. The van der Waals surface area contributed by atoms with E-state index in [0.717, 1.165) is 41.6 Å². The van der Waals surface area contributed by atoms with Gasteiger partial charge in [-0.05, 0) is 36.4 Å². The molecule has 0 amide bonds. The molecule has 2 aromatic rings. The number of benzene rings is 1. The maximum Gasteiger partial charge on any atom is 0.130 e. The highest BCUT2D eigenvalue weighted by Gasteiger charge is 2.24. The number of aromatic nitrogens is 1. The number of pyridine rings is 1. The van der Waals surface area contributed by atoms with Crippen molar-refractivity contribution in [3.63, 3.8) is 0 Å². The number of fused-ring (bicyclic) bond motifs is 1. The number of nitrogens with one attached hydrogen (secondary N) is 3. The van der Waals surface area contributed by atoms with Gasteiger partial charge >= 0.3 is 0 Å². The lowest BCUT2D eigenvalue weighted by Gasteiger charge is -2.29. The van der Waals surface area contributed by atoms with Gasteiger partial charge in [0.1, 0.15) is 11.6 Å². The fraction of sp³-hybridized carbons (Fsp3) is 0.100. The Morgan fingerprint density at radius 3 is 2.77 bits per heavy atom. The molecule has 2 aliphatic heterocycles. The number of nitriles is 1. The molecule has 3 N–H and O–H groups in total. The number of nitrogens with zero attached hydrogens (tertiary/aromatic N) is 3. The van der Waals surface area contributed by atoms with Crippen LogP contribution in [0.1, 0.15) is 16.8 Å². The Hall–Kier alpha value is -3.72. The summed E-state index contributed by atoms with van der Waals surface area (Å²) in [5, 5.41) is 17.6. The van der Waals surface area contributed by atoms with Gasteiger partial charge in [-0.2, -0.15) is 5.26 Å². The summed E-state index contributed by atoms with van der Waals surface area (Å²) in [6, 6.07) is 15.6. The first-order valence-corrected chi connectivity index (χ1v) is 8.43. The van der Waals surface area contributed by atoms with E-state index in [2.05, 4.69) is 27.1 Å². The van der Waals surface area contributed by atoms with E-state index in [-0.39, 0.29) is 0 Å². The van der Waals surface area contributed by atoms with Gasteiger partial charge in [-0.25, -0.2) is 5.01 Å². The van der Waals surface area contributed by atoms with E-state index in [9.17, 15) is 0 Å². The third-order valence-corrected chi connectivity index (χ3v) is 4.21. The first-order valence-electron chi connectivity index (χ1n) is 8.43. The number of allylic oxidation sites excluding steroid dienone is 2. The van der Waals surface area contributed by atoms with Crippen molar-refractivity contribution in [2.24, 2.45) is 0 Å². The summed E-state index contributed by atoms with van der Waals surface area (Å²) in [4.78, 5) is 4.34. The third kappa shape index (κ3) is 3.23. The molecule has 0 saturated carbocycles. The molecule has 6 heteroatoms. The van der Waals surface area contributed by atoms with Crippen LogP contribution in [0.2, 0.25) is 0 Å². The molecule has 0 saturated heterocycles. The number of hydrogen-bond acceptors (Lipinski definition) is 6. The average molecular weight is 342 g/mol. The van der Waals surface area contributed by atoms with Crippen molar-refractivity contribution in [3.05, 3.63) is 95.5 Å². The molecule has 0 bridgehead atoms. The second-order valence-corrected chi connectivity index (χ2v) is 5.94. The van der Waals surface area contributed by atoms with Gasteiger partial charge in [-0.15, -0.1) is 0 Å². The van der Waals surface area contributed by atoms with Crippen LogP contribution < -0.4 is 16.1 Å². The molecule has 1 aromatic carbocycles. The molecule has 0 spiro atoms. The van der Waals surface area contributed by atoms with Gasteiger partial charge in [0.05, 0.1) is 17.3 Å². The predicted molar refractivity (Wildman–Crippen MR) is 99.4 cm³/mol. The van der Waals surface area contributed by atoms with Crippen LogP contribution in [0.25, 0.3) is 5.70 Å². The van der Waals surface area contributed by atoms with Crippen LogP contribution in [0.3, 0.4) is 0 Å². The van der Waals surface area contributed by atoms with Crippen LogP contribution in [0, 0.1) is 11.3 Å². The first-order chi connectivity index (χ1) is 12.8. The largest absolute Gasteiger partial charge is 0.370 e. The maximum atomic E-state index is 8.95. The lowest BCUT2D eigenvalue weighted by atomic mass is 10.1. The summed E-state index contributed by atoms with van der Waals surface area (Å²) in [5.41, 5.74) is 7.12. The minimum absolute atomic E-state index is 0.652. The molecule has 0 unspecified atom stereocenters. The third-order valence-electron chi connectivity index (χ3n) is 4.21. The van der Waals surface area contributed by atoms with E-state index in [1.165, 1.54) is 0 Å². The van der Waals surface area contributed by atoms with Gasteiger partial charge in [0.2, 0.25) is 0 Å². The number of rotatable bonds is 5. The van der Waals surface area contributed by atoms with Gasteiger partial charge in [0.25, 0.3) is 0 Å². The SMILES string of the molecule is N#Cc1ccc(C2=CNC3=CC=C(NCCc4ccccn4)NN32)cc1. The molecule has 0 atom stereocenters. The van der Waals surface area contributed by atoms with Crippen LogP contribution in [-0.2, 0) is 6.42 Å². The molecule has 0 aliphatic carbocycles. The van der Waals surface area contributed by atoms with E-state index in [1.54, 1.807) is 0 Å². The quantitative estimate of drug-likeness (QED) is 0.773. The van der Waals surface area contributed by atoms with Gasteiger partial charge in [-0.3, -0.25) is 10.4 Å². The lowest BCUT2D eigenvalue weighted by molar-refractivity contribution is 0.376. The summed E-state index contributed by atoms with van der Waals surface area (Å²) >= 11 is 0. The summed E-state index contributed by atoms with van der Waals surface area (Å²) < 4.78 is 0. The molecule has 4 rings (SSSR count). The summed E-state index contributed by atoms with van der Waals surface area (Å²) in [6.07, 6.45) is 8.64. The Balaban J connectivity index is 1.40. The van der Waals surface area contributed by atoms with Gasteiger partial charge in [0.15, 0.2) is 0 Å². The van der Waals surface area contributed by atoms with Gasteiger partial charge < -0.3 is 10.6 Å². The average Bonchev–Trinajstić information content (AvgIpc) is 3.12. The van der Waals surface area contributed by atoms with E-state index >= 15 is 0 Å². The fourth-order valence-corrected chi connectivity index (χ4v) is 2.86. The van der Waals surface area contributed by atoms with E-state index in [4.69, 9.17) is 5.26 Å². The highest BCUT2D eigenvalue weighted by molar-refractivity contribution is 5.68. The minimum Gasteiger partial charge on any atom is -0.370 e. The molecule has 0 radical (unpaired) electrons. The van der Waals surface area contributed by atoms with E-state index in [1.807, 2.05) is 72.0 Å². The normalized spacial score (nSPS) is 14.9. The molecule has 6 nitrogen and oxygen atoms in total. The van der Waals surface area contributed by atoms with Crippen LogP contribution in [-0.4, -0.2) is 16.5 Å². The second-order valence-electron chi connectivity index (χ2n) is 5.94. The Morgan fingerprint density at radius 2 is 2.00 bits per heavy atom. The minimum atomic E-state index is 0.652. The zero-order valence-corrected chi connectivity index (χ0v) is 14.1. The summed E-state index contributed by atoms with van der Waals surface area (Å²) in [5.74, 6) is 1.88. The first kappa shape index (κ1) is 15.8. The van der Waals surface area contributed by atoms with Gasteiger partial charge in [-0.1, -0.05) is 18.2 Å². The van der Waals surface area contributed by atoms with Crippen molar-refractivity contribution < 1.29 is 0 Å². The van der Waals surface area contributed by atoms with Crippen molar-refractivity contribution in [3.8, 4) is 6.07 Å². The van der Waals surface area contributed by atoms with Crippen molar-refractivity contribution >= 4 is 5.70 Å². The Morgan fingerprint density at radius 1 is 1.12 bits per heavy atom. The highest BCUT2D eigenvalue weighted by atomic mass is 15.6. The zero-order valence-electron chi connectivity index (χ0n) is 14.1. The maximum absolute atomic E-state index is 8.95. The molecule has 0 fully saturated rings. The Labute approximate surface area is 152 Å². The molecule has 26 heavy (non-hydrogen) atoms. The molecular weight excluding hydrogens is 324 g/mol. The lowest BCUT2D eigenvalue weighted by Crippen LogP contribution is -2.41. The number of hydrazine groups is 1. The predicted octanol–water partition coefficient (Wildman–Crippen LogP) is 2.19. The Kier molecular flexibility index (Phi) is 4.27. The van der Waals surface area contributed by atoms with Gasteiger partial charge in [0, 0.05) is 36.6 Å². The van der Waals surface area contributed by atoms with E-state index in [0.29, 0.717) is 5.56 Å². The molecular formula is C20H18N6. The highest BCUT2D eigenvalue weighted by Crippen LogP contribution is 2.27. The standard InChI is InChI=1S/C20H18N6/c21-13-15-4-6-16(7-5-15)18-14-24-20-9-8-19(25-26(18)20)23-12-10-17-3-1-2-11-22-17/h1-9,11,14,23-25H,10,12H2.